The molecule has 1 heterocycles. The summed E-state index contributed by atoms with van der Waals surface area (Å²) in [5.41, 5.74) is 5.55. The van der Waals surface area contributed by atoms with Gasteiger partial charge in [-0.15, -0.1) is 5.32 Å². The van der Waals surface area contributed by atoms with Crippen molar-refractivity contribution in [2.75, 3.05) is 20.1 Å². The topological polar surface area (TPSA) is 43.1 Å². The standard InChI is InChI=1S/C6H12N3/c1-8-6(7)9-4-2-3-5-9/h7H,2-5H2,1H3/p+1. The van der Waals surface area contributed by atoms with Gasteiger partial charge in [0.2, 0.25) is 0 Å². The summed E-state index contributed by atoms with van der Waals surface area (Å²) >= 11 is 0. The molecule has 3 heteroatoms. The molecule has 1 radical (unpaired) electrons. The van der Waals surface area contributed by atoms with Gasteiger partial charge in [-0.05, 0) is 12.8 Å². The van der Waals surface area contributed by atoms with Crippen LogP contribution in [0, 0.1) is 0 Å². The fourth-order valence-corrected chi connectivity index (χ4v) is 1.09. The zero-order valence-electron chi connectivity index (χ0n) is 5.80. The van der Waals surface area contributed by atoms with Crippen molar-refractivity contribution in [1.82, 2.24) is 5.32 Å². The van der Waals surface area contributed by atoms with Crippen LogP contribution in [0.15, 0.2) is 0 Å². The highest BCUT2D eigenvalue weighted by molar-refractivity contribution is 5.71. The first-order chi connectivity index (χ1) is 4.34. The van der Waals surface area contributed by atoms with Crippen LogP contribution >= 0.6 is 0 Å². The Balaban J connectivity index is 2.55. The summed E-state index contributed by atoms with van der Waals surface area (Å²) in [6.07, 6.45) is 2.52. The molecule has 0 aliphatic carbocycles. The van der Waals surface area contributed by atoms with Crippen LogP contribution in [0.25, 0.3) is 0 Å². The first kappa shape index (κ1) is 6.39. The van der Waals surface area contributed by atoms with Gasteiger partial charge in [0.05, 0.1) is 20.1 Å². The van der Waals surface area contributed by atoms with Gasteiger partial charge in [-0.3, -0.25) is 10.3 Å². The molecule has 1 rings (SSSR count). The molecule has 0 spiro atoms. The SMILES string of the molecule is C[N]C(N)=[N+]1CCCC1. The molecule has 51 valence electrons. The van der Waals surface area contributed by atoms with E-state index in [1.165, 1.54) is 12.8 Å². The van der Waals surface area contributed by atoms with Crippen LogP contribution in [0.2, 0.25) is 0 Å². The Labute approximate surface area is 55.6 Å². The molecular weight excluding hydrogens is 114 g/mol. The van der Waals surface area contributed by atoms with E-state index in [2.05, 4.69) is 9.89 Å². The predicted octanol–water partition coefficient (Wildman–Crippen LogP) is -0.658. The number of rotatable bonds is 0. The first-order valence-electron chi connectivity index (χ1n) is 3.32. The number of guanidine groups is 1. The minimum atomic E-state index is 0.688. The van der Waals surface area contributed by atoms with Crippen LogP contribution in [-0.4, -0.2) is 30.7 Å². The second-order valence-electron chi connectivity index (χ2n) is 2.28. The van der Waals surface area contributed by atoms with Gasteiger partial charge in [0.25, 0.3) is 0 Å². The first-order valence-corrected chi connectivity index (χ1v) is 3.32. The lowest BCUT2D eigenvalue weighted by molar-refractivity contribution is -0.509. The zero-order chi connectivity index (χ0) is 6.69. The van der Waals surface area contributed by atoms with Gasteiger partial charge in [0.1, 0.15) is 0 Å². The van der Waals surface area contributed by atoms with E-state index in [9.17, 15) is 0 Å². The normalized spacial score (nSPS) is 18.1. The second kappa shape index (κ2) is 2.71. The molecule has 1 saturated heterocycles. The Hall–Kier alpha value is -0.730. The smallest absolute Gasteiger partial charge is 0.288 e. The fourth-order valence-electron chi connectivity index (χ4n) is 1.09. The van der Waals surface area contributed by atoms with Gasteiger partial charge in [-0.2, -0.15) is 0 Å². The summed E-state index contributed by atoms with van der Waals surface area (Å²) in [6, 6.07) is 0. The summed E-state index contributed by atoms with van der Waals surface area (Å²) < 4.78 is 2.11. The van der Waals surface area contributed by atoms with Gasteiger partial charge in [-0.1, -0.05) is 0 Å². The molecule has 1 aliphatic heterocycles. The average molecular weight is 127 g/mol. The van der Waals surface area contributed by atoms with Gasteiger partial charge in [0, 0.05) is 0 Å². The molecule has 0 bridgehead atoms. The maximum atomic E-state index is 5.55. The molecule has 2 N–H and O–H groups in total. The average Bonchev–Trinajstić information content (AvgIpc) is 2.37. The van der Waals surface area contributed by atoms with Crippen LogP contribution < -0.4 is 11.1 Å². The summed E-state index contributed by atoms with van der Waals surface area (Å²) in [7, 11) is 1.73. The third-order valence-corrected chi connectivity index (χ3v) is 1.66. The highest BCUT2D eigenvalue weighted by atomic mass is 15.2. The van der Waals surface area contributed by atoms with Gasteiger partial charge >= 0.3 is 5.96 Å². The van der Waals surface area contributed by atoms with E-state index in [4.69, 9.17) is 5.73 Å². The number of nitrogens with two attached hydrogens (primary N) is 1. The van der Waals surface area contributed by atoms with Crippen molar-refractivity contribution in [3.63, 3.8) is 0 Å². The van der Waals surface area contributed by atoms with Gasteiger partial charge < -0.3 is 0 Å². The van der Waals surface area contributed by atoms with Crippen LogP contribution in [0.1, 0.15) is 12.8 Å². The number of hydrogen-bond acceptors (Lipinski definition) is 0. The van der Waals surface area contributed by atoms with Crippen molar-refractivity contribution >= 4 is 5.96 Å². The Bertz CT molecular complexity index is 120. The van der Waals surface area contributed by atoms with E-state index >= 15 is 0 Å². The summed E-state index contributed by atoms with van der Waals surface area (Å²) in [6.45, 7) is 2.17. The molecule has 0 aromatic rings. The molecule has 1 fully saturated rings. The maximum absolute atomic E-state index is 5.55. The third kappa shape index (κ3) is 1.34. The number of hydrogen-bond donors (Lipinski definition) is 1. The molecule has 1 aliphatic rings. The molecule has 0 amide bonds. The summed E-state index contributed by atoms with van der Waals surface area (Å²) in [5, 5.41) is 3.89. The van der Waals surface area contributed by atoms with E-state index in [-0.39, 0.29) is 0 Å². The molecule has 0 saturated carbocycles. The van der Waals surface area contributed by atoms with Crippen molar-refractivity contribution in [3.05, 3.63) is 0 Å². The van der Waals surface area contributed by atoms with E-state index in [0.717, 1.165) is 13.1 Å². The highest BCUT2D eigenvalue weighted by Gasteiger charge is 2.12. The van der Waals surface area contributed by atoms with Crippen LogP contribution in [0.5, 0.6) is 0 Å². The van der Waals surface area contributed by atoms with Crippen LogP contribution in [0.3, 0.4) is 0 Å². The van der Waals surface area contributed by atoms with E-state index in [1.807, 2.05) is 0 Å². The summed E-state index contributed by atoms with van der Waals surface area (Å²) in [5.74, 6) is 0.688. The van der Waals surface area contributed by atoms with Crippen molar-refractivity contribution in [1.29, 1.82) is 0 Å². The Kier molecular flexibility index (Phi) is 1.92. The molecule has 0 aromatic heterocycles. The molecule has 3 nitrogen and oxygen atoms in total. The monoisotopic (exact) mass is 127 g/mol. The fraction of sp³-hybridized carbons (Fsp3) is 0.833. The molecule has 0 aromatic carbocycles. The van der Waals surface area contributed by atoms with E-state index < -0.39 is 0 Å². The Morgan fingerprint density at radius 1 is 1.44 bits per heavy atom. The quantitative estimate of drug-likeness (QED) is 0.341. The van der Waals surface area contributed by atoms with Crippen LogP contribution in [0.4, 0.5) is 0 Å². The third-order valence-electron chi connectivity index (χ3n) is 1.66. The lowest BCUT2D eigenvalue weighted by atomic mass is 10.4. The van der Waals surface area contributed by atoms with E-state index in [0.29, 0.717) is 5.96 Å². The van der Waals surface area contributed by atoms with E-state index in [1.54, 1.807) is 7.05 Å². The Morgan fingerprint density at radius 2 is 2.00 bits per heavy atom. The van der Waals surface area contributed by atoms with Crippen LogP contribution in [-0.2, 0) is 0 Å². The van der Waals surface area contributed by atoms with Crippen molar-refractivity contribution in [2.24, 2.45) is 5.73 Å². The Morgan fingerprint density at radius 3 is 2.44 bits per heavy atom. The molecular formula is C6H13N3+. The summed E-state index contributed by atoms with van der Waals surface area (Å²) in [4.78, 5) is 0. The molecule has 0 atom stereocenters. The van der Waals surface area contributed by atoms with Gasteiger partial charge in [0.15, 0.2) is 0 Å². The largest absolute Gasteiger partial charge is 0.379 e. The highest BCUT2D eigenvalue weighted by Crippen LogP contribution is 1.99. The zero-order valence-corrected chi connectivity index (χ0v) is 5.80. The minimum absolute atomic E-state index is 0.688. The minimum Gasteiger partial charge on any atom is -0.288 e. The molecule has 0 unspecified atom stereocenters. The second-order valence-corrected chi connectivity index (χ2v) is 2.28. The van der Waals surface area contributed by atoms with Crippen molar-refractivity contribution in [3.8, 4) is 0 Å². The lowest BCUT2D eigenvalue weighted by Gasteiger charge is -1.95. The predicted molar refractivity (Wildman–Crippen MR) is 36.5 cm³/mol. The van der Waals surface area contributed by atoms with Gasteiger partial charge in [-0.25, -0.2) is 0 Å². The maximum Gasteiger partial charge on any atom is 0.379 e. The number of nitrogens with zero attached hydrogens (tertiary/aromatic N) is 2. The van der Waals surface area contributed by atoms with Crippen molar-refractivity contribution in [2.45, 2.75) is 12.8 Å². The molecule has 9 heavy (non-hydrogen) atoms. The van der Waals surface area contributed by atoms with Crippen molar-refractivity contribution < 1.29 is 4.58 Å². The lowest BCUT2D eigenvalue weighted by Crippen LogP contribution is -2.33.